The van der Waals surface area contributed by atoms with E-state index in [-0.39, 0.29) is 11.6 Å². The summed E-state index contributed by atoms with van der Waals surface area (Å²) in [5.41, 5.74) is 3.42. The number of fused-ring (bicyclic) bond motifs is 1. The third-order valence-corrected chi connectivity index (χ3v) is 6.64. The zero-order chi connectivity index (χ0) is 20.3. The third-order valence-electron chi connectivity index (χ3n) is 5.74. The van der Waals surface area contributed by atoms with Crippen LogP contribution in [0.4, 0.5) is 0 Å². The number of benzene rings is 2. The van der Waals surface area contributed by atoms with Crippen molar-refractivity contribution >= 4 is 21.6 Å². The van der Waals surface area contributed by atoms with Crippen LogP contribution in [0.25, 0.3) is 10.2 Å². The van der Waals surface area contributed by atoms with E-state index in [0.29, 0.717) is 11.2 Å². The van der Waals surface area contributed by atoms with Gasteiger partial charge >= 0.3 is 0 Å². The fourth-order valence-corrected chi connectivity index (χ4v) is 5.00. The average molecular weight is 417 g/mol. The number of nitrogens with one attached hydrogen (secondary N) is 1. The molecule has 1 aliphatic rings. The minimum atomic E-state index is -0.0307. The molecule has 0 bridgehead atoms. The van der Waals surface area contributed by atoms with Crippen molar-refractivity contribution in [2.75, 3.05) is 26.2 Å². The average Bonchev–Trinajstić information content (AvgIpc) is 3.26. The van der Waals surface area contributed by atoms with Crippen molar-refractivity contribution in [2.24, 2.45) is 0 Å². The molecule has 4 aromatic rings. The van der Waals surface area contributed by atoms with Crippen LogP contribution in [0, 0.1) is 0 Å². The van der Waals surface area contributed by atoms with Gasteiger partial charge in [0.2, 0.25) is 0 Å². The predicted molar refractivity (Wildman–Crippen MR) is 122 cm³/mol. The number of aromatic amines is 1. The maximum absolute atomic E-state index is 12.2. The van der Waals surface area contributed by atoms with Gasteiger partial charge in [-0.25, -0.2) is 4.98 Å². The first-order valence-corrected chi connectivity index (χ1v) is 11.2. The van der Waals surface area contributed by atoms with Gasteiger partial charge in [0.05, 0.1) is 18.1 Å². The molecule has 0 spiro atoms. The Morgan fingerprint density at radius 3 is 2.17 bits per heavy atom. The van der Waals surface area contributed by atoms with Crippen molar-refractivity contribution < 1.29 is 0 Å². The number of thiophene rings is 1. The molecule has 2 aromatic carbocycles. The fraction of sp³-hybridized carbons (Fsp3) is 0.250. The lowest BCUT2D eigenvalue weighted by Crippen LogP contribution is -2.47. The maximum atomic E-state index is 12.2. The number of aromatic nitrogens is 2. The second-order valence-corrected chi connectivity index (χ2v) is 8.60. The Balaban J connectivity index is 1.31. The quantitative estimate of drug-likeness (QED) is 0.536. The Bertz CT molecular complexity index is 1120. The van der Waals surface area contributed by atoms with Crippen molar-refractivity contribution in [3.8, 4) is 0 Å². The van der Waals surface area contributed by atoms with Gasteiger partial charge in [-0.15, -0.1) is 11.3 Å². The monoisotopic (exact) mass is 416 g/mol. The third kappa shape index (κ3) is 3.94. The molecule has 1 saturated heterocycles. The summed E-state index contributed by atoms with van der Waals surface area (Å²) in [5.74, 6) is 0.752. The van der Waals surface area contributed by atoms with E-state index in [1.165, 1.54) is 22.5 Å². The summed E-state index contributed by atoms with van der Waals surface area (Å²) in [4.78, 5) is 24.8. The first-order chi connectivity index (χ1) is 14.8. The highest BCUT2D eigenvalue weighted by atomic mass is 32.1. The Hall–Kier alpha value is -2.80. The van der Waals surface area contributed by atoms with Crippen LogP contribution in [-0.2, 0) is 6.54 Å². The van der Waals surface area contributed by atoms with E-state index in [4.69, 9.17) is 0 Å². The fourth-order valence-electron chi connectivity index (χ4n) is 4.27. The van der Waals surface area contributed by atoms with Crippen LogP contribution in [0.2, 0.25) is 0 Å². The Morgan fingerprint density at radius 2 is 1.53 bits per heavy atom. The van der Waals surface area contributed by atoms with Gasteiger partial charge in [-0.2, -0.15) is 0 Å². The molecule has 152 valence electrons. The summed E-state index contributed by atoms with van der Waals surface area (Å²) < 4.78 is 0.706. The molecule has 0 aliphatic carbocycles. The second-order valence-electron chi connectivity index (χ2n) is 7.68. The minimum absolute atomic E-state index is 0.0307. The van der Waals surface area contributed by atoms with Crippen LogP contribution in [0.3, 0.4) is 0 Å². The number of hydrogen-bond donors (Lipinski definition) is 1. The van der Waals surface area contributed by atoms with Crippen LogP contribution in [0.15, 0.2) is 76.9 Å². The van der Waals surface area contributed by atoms with Crippen LogP contribution in [0.1, 0.15) is 23.0 Å². The smallest absolute Gasteiger partial charge is 0.268 e. The zero-order valence-electron chi connectivity index (χ0n) is 16.7. The lowest BCUT2D eigenvalue weighted by Gasteiger charge is -2.39. The first-order valence-electron chi connectivity index (χ1n) is 10.3. The molecule has 2 aromatic heterocycles. The number of rotatable bonds is 5. The Kier molecular flexibility index (Phi) is 5.45. The van der Waals surface area contributed by atoms with E-state index in [9.17, 15) is 4.79 Å². The highest BCUT2D eigenvalue weighted by Crippen LogP contribution is 2.29. The first kappa shape index (κ1) is 19.2. The summed E-state index contributed by atoms with van der Waals surface area (Å²) in [6, 6.07) is 23.6. The van der Waals surface area contributed by atoms with Gasteiger partial charge in [-0.1, -0.05) is 60.7 Å². The van der Waals surface area contributed by atoms with Crippen molar-refractivity contribution in [3.05, 3.63) is 99.4 Å². The van der Waals surface area contributed by atoms with Gasteiger partial charge < -0.3 is 4.98 Å². The highest BCUT2D eigenvalue weighted by molar-refractivity contribution is 7.17. The van der Waals surface area contributed by atoms with Gasteiger partial charge in [0.15, 0.2) is 0 Å². The largest absolute Gasteiger partial charge is 0.308 e. The molecule has 6 heteroatoms. The number of hydrogen-bond acceptors (Lipinski definition) is 5. The van der Waals surface area contributed by atoms with E-state index < -0.39 is 0 Å². The van der Waals surface area contributed by atoms with Crippen LogP contribution >= 0.6 is 11.3 Å². The van der Waals surface area contributed by atoms with Crippen molar-refractivity contribution in [3.63, 3.8) is 0 Å². The zero-order valence-corrected chi connectivity index (χ0v) is 17.5. The van der Waals surface area contributed by atoms with E-state index in [2.05, 4.69) is 80.4 Å². The summed E-state index contributed by atoms with van der Waals surface area (Å²) >= 11 is 1.44. The van der Waals surface area contributed by atoms with Crippen LogP contribution < -0.4 is 5.56 Å². The van der Waals surface area contributed by atoms with Crippen LogP contribution in [0.5, 0.6) is 0 Å². The van der Waals surface area contributed by atoms with Crippen LogP contribution in [-0.4, -0.2) is 45.9 Å². The maximum Gasteiger partial charge on any atom is 0.268 e. The normalized spacial score (nSPS) is 15.8. The Morgan fingerprint density at radius 1 is 0.900 bits per heavy atom. The molecule has 30 heavy (non-hydrogen) atoms. The molecule has 3 heterocycles. The van der Waals surface area contributed by atoms with Crippen molar-refractivity contribution in [1.82, 2.24) is 19.8 Å². The molecule has 5 rings (SSSR count). The molecule has 5 nitrogen and oxygen atoms in total. The molecule has 0 amide bonds. The number of piperazine rings is 1. The molecule has 1 aliphatic heterocycles. The van der Waals surface area contributed by atoms with E-state index in [1.54, 1.807) is 0 Å². The Labute approximate surface area is 179 Å². The van der Waals surface area contributed by atoms with E-state index in [0.717, 1.165) is 37.5 Å². The highest BCUT2D eigenvalue weighted by Gasteiger charge is 2.26. The van der Waals surface area contributed by atoms with Gasteiger partial charge in [0, 0.05) is 26.2 Å². The lowest BCUT2D eigenvalue weighted by molar-refractivity contribution is 0.103. The molecular weight excluding hydrogens is 392 g/mol. The molecule has 1 N–H and O–H groups in total. The van der Waals surface area contributed by atoms with Gasteiger partial charge in [0.1, 0.15) is 10.5 Å². The predicted octanol–water partition coefficient (Wildman–Crippen LogP) is 3.89. The van der Waals surface area contributed by atoms with Gasteiger partial charge in [-0.05, 0) is 22.6 Å². The van der Waals surface area contributed by atoms with Crippen molar-refractivity contribution in [1.29, 1.82) is 0 Å². The minimum Gasteiger partial charge on any atom is -0.308 e. The molecule has 1 fully saturated rings. The number of nitrogens with zero attached hydrogens (tertiary/aromatic N) is 3. The molecular formula is C24H24N4OS. The van der Waals surface area contributed by atoms with Gasteiger partial charge in [0.25, 0.3) is 5.56 Å². The summed E-state index contributed by atoms with van der Waals surface area (Å²) in [7, 11) is 0. The lowest BCUT2D eigenvalue weighted by atomic mass is 9.96. The van der Waals surface area contributed by atoms with Gasteiger partial charge in [-0.3, -0.25) is 14.6 Å². The molecule has 0 unspecified atom stereocenters. The SMILES string of the molecule is O=c1[nH]c(CN2CCN(C(c3ccccc3)c3ccccc3)CC2)nc2ccsc12. The summed E-state index contributed by atoms with van der Waals surface area (Å²) in [5, 5.41) is 1.92. The topological polar surface area (TPSA) is 52.2 Å². The van der Waals surface area contributed by atoms with E-state index >= 15 is 0 Å². The molecule has 0 radical (unpaired) electrons. The summed E-state index contributed by atoms with van der Waals surface area (Å²) in [6.07, 6.45) is 0. The van der Waals surface area contributed by atoms with Crippen molar-refractivity contribution in [2.45, 2.75) is 12.6 Å². The van der Waals surface area contributed by atoms with E-state index in [1.807, 2.05) is 11.4 Å². The number of H-pyrrole nitrogens is 1. The molecule has 0 saturated carbocycles. The standard InChI is InChI=1S/C24H24N4OS/c29-24-23-20(11-16-30-23)25-21(26-24)17-27-12-14-28(15-13-27)22(18-7-3-1-4-8-18)19-9-5-2-6-10-19/h1-11,16,22H,12-15,17H2,(H,25,26,29). The molecule has 0 atom stereocenters. The summed E-state index contributed by atoms with van der Waals surface area (Å²) in [6.45, 7) is 4.51. The second kappa shape index (κ2) is 8.52.